The van der Waals surface area contributed by atoms with Gasteiger partial charge in [0.2, 0.25) is 0 Å². The largest absolute Gasteiger partial charge is 0.337 e. The standard InChI is InChI=1S/C25H32Cl2N4O/c1-18-23(9-7-19-6-8-21(26)22(27)16-19)28-17-29-24(18)25(32)31-14-10-20(11-15-31)30-12-4-2-3-5-13-30/h6,8,16-17,20H,2-5,7,9-15H2,1H3. The van der Waals surface area contributed by atoms with E-state index < -0.39 is 0 Å². The number of carbonyl (C=O) groups excluding carboxylic acids is 1. The molecule has 172 valence electrons. The van der Waals surface area contributed by atoms with Gasteiger partial charge in [-0.2, -0.15) is 0 Å². The van der Waals surface area contributed by atoms with Gasteiger partial charge in [0.15, 0.2) is 0 Å². The number of amides is 1. The van der Waals surface area contributed by atoms with Crippen LogP contribution in [-0.2, 0) is 12.8 Å². The van der Waals surface area contributed by atoms with E-state index in [0.29, 0.717) is 21.8 Å². The van der Waals surface area contributed by atoms with Crippen molar-refractivity contribution >= 4 is 29.1 Å². The number of aryl methyl sites for hydroxylation is 2. The third kappa shape index (κ3) is 5.62. The van der Waals surface area contributed by atoms with Crippen molar-refractivity contribution in [1.29, 1.82) is 0 Å². The maximum absolute atomic E-state index is 13.3. The molecule has 5 nitrogen and oxygen atoms in total. The maximum atomic E-state index is 13.3. The molecule has 2 saturated heterocycles. The van der Waals surface area contributed by atoms with Crippen LogP contribution in [-0.4, -0.2) is 57.9 Å². The van der Waals surface area contributed by atoms with Gasteiger partial charge in [-0.15, -0.1) is 0 Å². The topological polar surface area (TPSA) is 49.3 Å². The average molecular weight is 475 g/mol. The first-order chi connectivity index (χ1) is 15.5. The molecule has 2 aromatic rings. The van der Waals surface area contributed by atoms with Crippen molar-refractivity contribution in [3.8, 4) is 0 Å². The van der Waals surface area contributed by atoms with Crippen LogP contribution in [0.5, 0.6) is 0 Å². The van der Waals surface area contributed by atoms with E-state index in [1.54, 1.807) is 0 Å². The summed E-state index contributed by atoms with van der Waals surface area (Å²) in [5.41, 5.74) is 3.43. The molecule has 0 unspecified atom stereocenters. The van der Waals surface area contributed by atoms with Gasteiger partial charge < -0.3 is 9.80 Å². The molecule has 0 bridgehead atoms. The Bertz CT molecular complexity index is 936. The summed E-state index contributed by atoms with van der Waals surface area (Å²) in [7, 11) is 0. The molecular weight excluding hydrogens is 443 g/mol. The molecule has 0 spiro atoms. The van der Waals surface area contributed by atoms with Crippen molar-refractivity contribution in [1.82, 2.24) is 19.8 Å². The number of likely N-dealkylation sites (tertiary alicyclic amines) is 2. The molecule has 2 aliphatic heterocycles. The van der Waals surface area contributed by atoms with E-state index in [9.17, 15) is 4.79 Å². The summed E-state index contributed by atoms with van der Waals surface area (Å²) in [4.78, 5) is 26.7. The first-order valence-corrected chi connectivity index (χ1v) is 12.6. The van der Waals surface area contributed by atoms with Crippen molar-refractivity contribution in [2.45, 2.75) is 64.3 Å². The Balaban J connectivity index is 1.37. The Morgan fingerprint density at radius 2 is 1.69 bits per heavy atom. The number of carbonyl (C=O) groups is 1. The van der Waals surface area contributed by atoms with E-state index >= 15 is 0 Å². The number of hydrogen-bond acceptors (Lipinski definition) is 4. The van der Waals surface area contributed by atoms with Crippen LogP contribution in [0, 0.1) is 6.92 Å². The monoisotopic (exact) mass is 474 g/mol. The number of nitrogens with zero attached hydrogens (tertiary/aromatic N) is 4. The van der Waals surface area contributed by atoms with Gasteiger partial charge in [0.25, 0.3) is 5.91 Å². The van der Waals surface area contributed by atoms with Crippen LogP contribution in [0.1, 0.15) is 65.8 Å². The molecule has 0 radical (unpaired) electrons. The fraction of sp³-hybridized carbons (Fsp3) is 0.560. The van der Waals surface area contributed by atoms with Crippen LogP contribution in [0.25, 0.3) is 0 Å². The zero-order valence-electron chi connectivity index (χ0n) is 18.8. The van der Waals surface area contributed by atoms with Crippen molar-refractivity contribution in [2.75, 3.05) is 26.2 Å². The van der Waals surface area contributed by atoms with Crippen molar-refractivity contribution in [2.24, 2.45) is 0 Å². The van der Waals surface area contributed by atoms with Gasteiger partial charge >= 0.3 is 0 Å². The SMILES string of the molecule is Cc1c(CCc2ccc(Cl)c(Cl)c2)ncnc1C(=O)N1CCC(N2CCCCCC2)CC1. The quantitative estimate of drug-likeness (QED) is 0.585. The van der Waals surface area contributed by atoms with E-state index in [-0.39, 0.29) is 5.91 Å². The normalized spacial score (nSPS) is 18.5. The molecule has 0 N–H and O–H groups in total. The van der Waals surface area contributed by atoms with Crippen LogP contribution in [0.15, 0.2) is 24.5 Å². The highest BCUT2D eigenvalue weighted by Crippen LogP contribution is 2.25. The van der Waals surface area contributed by atoms with Crippen LogP contribution in [0.3, 0.4) is 0 Å². The second kappa shape index (κ2) is 11.0. The summed E-state index contributed by atoms with van der Waals surface area (Å²) >= 11 is 12.2. The molecule has 1 amide bonds. The second-order valence-electron chi connectivity index (χ2n) is 9.02. The second-order valence-corrected chi connectivity index (χ2v) is 9.83. The highest BCUT2D eigenvalue weighted by molar-refractivity contribution is 6.42. The summed E-state index contributed by atoms with van der Waals surface area (Å²) in [5.74, 6) is 0.0370. The fourth-order valence-electron chi connectivity index (χ4n) is 4.96. The van der Waals surface area contributed by atoms with Gasteiger partial charge in [-0.25, -0.2) is 9.97 Å². The summed E-state index contributed by atoms with van der Waals surface area (Å²) < 4.78 is 0. The minimum absolute atomic E-state index is 0.0370. The van der Waals surface area contributed by atoms with Gasteiger partial charge in [0.1, 0.15) is 12.0 Å². The van der Waals surface area contributed by atoms with Gasteiger partial charge in [-0.05, 0) is 76.2 Å². The smallest absolute Gasteiger partial charge is 0.272 e. The summed E-state index contributed by atoms with van der Waals surface area (Å²) in [6, 6.07) is 6.30. The summed E-state index contributed by atoms with van der Waals surface area (Å²) in [6.07, 6.45) is 10.5. The minimum Gasteiger partial charge on any atom is -0.337 e. The molecule has 7 heteroatoms. The molecule has 1 aromatic carbocycles. The van der Waals surface area contributed by atoms with Crippen LogP contribution < -0.4 is 0 Å². The highest BCUT2D eigenvalue weighted by Gasteiger charge is 2.29. The molecule has 0 aliphatic carbocycles. The molecule has 2 fully saturated rings. The van der Waals surface area contributed by atoms with Crippen molar-refractivity contribution < 1.29 is 4.79 Å². The van der Waals surface area contributed by atoms with Gasteiger partial charge in [-0.3, -0.25) is 4.79 Å². The molecule has 0 saturated carbocycles. The number of rotatable bonds is 5. The third-order valence-corrected chi connectivity index (χ3v) is 7.67. The predicted octanol–water partition coefficient (Wildman–Crippen LogP) is 5.36. The lowest BCUT2D eigenvalue weighted by Crippen LogP contribution is -2.47. The van der Waals surface area contributed by atoms with Crippen LogP contribution >= 0.6 is 23.2 Å². The number of halogens is 2. The molecule has 3 heterocycles. The zero-order valence-corrected chi connectivity index (χ0v) is 20.3. The Morgan fingerprint density at radius 3 is 2.38 bits per heavy atom. The Labute approximate surface area is 201 Å². The maximum Gasteiger partial charge on any atom is 0.272 e. The Morgan fingerprint density at radius 1 is 0.969 bits per heavy atom. The molecule has 4 rings (SSSR count). The highest BCUT2D eigenvalue weighted by atomic mass is 35.5. The lowest BCUT2D eigenvalue weighted by atomic mass is 10.0. The minimum atomic E-state index is 0.0370. The third-order valence-electron chi connectivity index (χ3n) is 6.93. The number of benzene rings is 1. The molecular formula is C25H32Cl2N4O. The van der Waals surface area contributed by atoms with Gasteiger partial charge in [-0.1, -0.05) is 42.1 Å². The zero-order chi connectivity index (χ0) is 22.5. The van der Waals surface area contributed by atoms with Gasteiger partial charge in [0, 0.05) is 30.4 Å². The van der Waals surface area contributed by atoms with Crippen molar-refractivity contribution in [3.05, 3.63) is 57.1 Å². The molecule has 32 heavy (non-hydrogen) atoms. The first-order valence-electron chi connectivity index (χ1n) is 11.8. The number of hydrogen-bond donors (Lipinski definition) is 0. The number of piperidine rings is 1. The Hall–Kier alpha value is -1.69. The summed E-state index contributed by atoms with van der Waals surface area (Å²) in [6.45, 7) is 6.00. The number of aromatic nitrogens is 2. The molecule has 2 aliphatic rings. The fourth-order valence-corrected chi connectivity index (χ4v) is 5.28. The van der Waals surface area contributed by atoms with E-state index in [1.165, 1.54) is 45.1 Å². The van der Waals surface area contributed by atoms with E-state index in [1.807, 2.05) is 30.0 Å². The lowest BCUT2D eigenvalue weighted by Gasteiger charge is -2.38. The van der Waals surface area contributed by atoms with Crippen molar-refractivity contribution in [3.63, 3.8) is 0 Å². The van der Waals surface area contributed by atoms with E-state index in [4.69, 9.17) is 23.2 Å². The average Bonchev–Trinajstić information content (AvgIpc) is 3.10. The van der Waals surface area contributed by atoms with E-state index in [2.05, 4.69) is 14.9 Å². The Kier molecular flexibility index (Phi) is 8.03. The first kappa shape index (κ1) is 23.5. The van der Waals surface area contributed by atoms with Crippen LogP contribution in [0.4, 0.5) is 0 Å². The van der Waals surface area contributed by atoms with Crippen LogP contribution in [0.2, 0.25) is 10.0 Å². The lowest BCUT2D eigenvalue weighted by molar-refractivity contribution is 0.0616. The van der Waals surface area contributed by atoms with Gasteiger partial charge in [0.05, 0.1) is 10.0 Å². The van der Waals surface area contributed by atoms with E-state index in [0.717, 1.165) is 55.6 Å². The molecule has 1 aromatic heterocycles. The predicted molar refractivity (Wildman–Crippen MR) is 130 cm³/mol. The summed E-state index contributed by atoms with van der Waals surface area (Å²) in [5, 5.41) is 1.11. The molecule has 0 atom stereocenters.